The van der Waals surface area contributed by atoms with Crippen LogP contribution in [-0.2, 0) is 5.41 Å². The lowest BCUT2D eigenvalue weighted by molar-refractivity contribution is 0.0506. The highest BCUT2D eigenvalue weighted by Gasteiger charge is 2.52. The highest BCUT2D eigenvalue weighted by molar-refractivity contribution is 5.91. The number of nitrogens with one attached hydrogen (secondary N) is 1. The zero-order chi connectivity index (χ0) is 28.1. The molecule has 11 heteroatoms. The standard InChI is InChI=1S/C30H26N10O/c1-2-30(12-20-9-10-21(13-30)39(20)29(41)27-34-17-35-38-27)25-22(14-31)26(32)40-28(37-25)23(16-36-40)19-8-11-24(33-15-19)18-6-4-3-5-7-18/h2-8,11,15-17,20-21H,1,9-10,12-13,32H2,(H,34,35,38). The average Bonchev–Trinajstić information content (AvgIpc) is 3.76. The van der Waals surface area contributed by atoms with E-state index in [4.69, 9.17) is 10.7 Å². The number of piperidine rings is 1. The highest BCUT2D eigenvalue weighted by Crippen LogP contribution is 2.49. The van der Waals surface area contributed by atoms with Crippen LogP contribution in [0.5, 0.6) is 0 Å². The zero-order valence-electron chi connectivity index (χ0n) is 22.1. The summed E-state index contributed by atoms with van der Waals surface area (Å²) >= 11 is 0. The topological polar surface area (TPSA) is 155 Å². The number of nitrogens with two attached hydrogens (primary N) is 1. The maximum atomic E-state index is 13.2. The smallest absolute Gasteiger partial charge is 0.294 e. The van der Waals surface area contributed by atoms with Crippen molar-refractivity contribution in [2.24, 2.45) is 0 Å². The Balaban J connectivity index is 1.30. The minimum atomic E-state index is -0.653. The van der Waals surface area contributed by atoms with E-state index < -0.39 is 5.41 Å². The number of benzene rings is 1. The Hall–Kier alpha value is -5.37. The first-order chi connectivity index (χ1) is 20.0. The number of anilines is 1. The number of carbonyl (C=O) groups is 1. The fourth-order valence-electron chi connectivity index (χ4n) is 6.52. The van der Waals surface area contributed by atoms with Gasteiger partial charge in [-0.2, -0.15) is 14.9 Å². The second kappa shape index (κ2) is 9.38. The van der Waals surface area contributed by atoms with Crippen LogP contribution in [-0.4, -0.2) is 57.7 Å². The summed E-state index contributed by atoms with van der Waals surface area (Å²) in [5.41, 5.74) is 10.8. The molecule has 2 aliphatic rings. The van der Waals surface area contributed by atoms with Gasteiger partial charge in [-0.25, -0.2) is 9.97 Å². The second-order valence-electron chi connectivity index (χ2n) is 10.6. The normalized spacial score (nSPS) is 21.6. The number of H-pyrrole nitrogens is 1. The lowest BCUT2D eigenvalue weighted by Crippen LogP contribution is -2.52. The van der Waals surface area contributed by atoms with E-state index in [-0.39, 0.29) is 35.2 Å². The Labute approximate surface area is 235 Å². The summed E-state index contributed by atoms with van der Waals surface area (Å²) in [4.78, 5) is 28.9. The summed E-state index contributed by atoms with van der Waals surface area (Å²) in [5.74, 6) is 0.190. The molecule has 2 saturated heterocycles. The average molecular weight is 543 g/mol. The first-order valence-corrected chi connectivity index (χ1v) is 13.4. The molecule has 7 rings (SSSR count). The quantitative estimate of drug-likeness (QED) is 0.317. The molecular formula is C30H26N10O. The maximum Gasteiger partial charge on any atom is 0.294 e. The fraction of sp³-hybridized carbons (Fsp3) is 0.233. The van der Waals surface area contributed by atoms with Crippen molar-refractivity contribution in [2.75, 3.05) is 5.73 Å². The third kappa shape index (κ3) is 3.79. The molecule has 2 bridgehead atoms. The number of pyridine rings is 1. The molecule has 6 heterocycles. The van der Waals surface area contributed by atoms with Crippen molar-refractivity contribution >= 4 is 17.4 Å². The first kappa shape index (κ1) is 24.7. The number of allylic oxidation sites excluding steroid dienone is 1. The second-order valence-corrected chi connectivity index (χ2v) is 10.6. The van der Waals surface area contributed by atoms with E-state index in [1.54, 1.807) is 12.4 Å². The number of nitrogen functional groups attached to an aromatic ring is 1. The summed E-state index contributed by atoms with van der Waals surface area (Å²) in [6.45, 7) is 4.19. The minimum absolute atomic E-state index is 0.0670. The molecule has 0 saturated carbocycles. The highest BCUT2D eigenvalue weighted by atomic mass is 16.2. The predicted octanol–water partition coefficient (Wildman–Crippen LogP) is 3.92. The van der Waals surface area contributed by atoms with E-state index in [0.29, 0.717) is 24.2 Å². The third-order valence-corrected chi connectivity index (χ3v) is 8.46. The number of nitriles is 1. The monoisotopic (exact) mass is 542 g/mol. The zero-order valence-corrected chi connectivity index (χ0v) is 22.1. The molecule has 11 nitrogen and oxygen atoms in total. The molecule has 1 amide bonds. The van der Waals surface area contributed by atoms with Gasteiger partial charge in [0.05, 0.1) is 17.6 Å². The van der Waals surface area contributed by atoms with E-state index in [0.717, 1.165) is 35.2 Å². The predicted molar refractivity (Wildman–Crippen MR) is 151 cm³/mol. The number of amides is 1. The van der Waals surface area contributed by atoms with Crippen LogP contribution < -0.4 is 5.73 Å². The number of aromatic nitrogens is 7. The summed E-state index contributed by atoms with van der Waals surface area (Å²) < 4.78 is 1.51. The van der Waals surface area contributed by atoms with Gasteiger partial charge in [0.2, 0.25) is 5.82 Å². The number of hydrogen-bond donors (Lipinski definition) is 2. The van der Waals surface area contributed by atoms with Crippen LogP contribution in [0.2, 0.25) is 0 Å². The SMILES string of the molecule is C=CC1(c2nc3c(-c4ccc(-c5ccccc5)nc4)cnn3c(N)c2C#N)CC2CCC(C1)N2C(=O)c1nc[nH]n1. The van der Waals surface area contributed by atoms with E-state index in [9.17, 15) is 10.1 Å². The molecule has 1 aromatic carbocycles. The molecule has 0 radical (unpaired) electrons. The number of carbonyl (C=O) groups excluding carboxylic acids is 1. The molecule has 2 atom stereocenters. The van der Waals surface area contributed by atoms with E-state index in [1.807, 2.05) is 53.4 Å². The number of fused-ring (bicyclic) bond motifs is 3. The molecule has 2 aliphatic heterocycles. The molecule has 0 spiro atoms. The maximum absolute atomic E-state index is 13.2. The molecule has 3 N–H and O–H groups in total. The summed E-state index contributed by atoms with van der Waals surface area (Å²) in [5, 5.41) is 21.3. The van der Waals surface area contributed by atoms with Crippen molar-refractivity contribution in [3.63, 3.8) is 0 Å². The van der Waals surface area contributed by atoms with Crippen molar-refractivity contribution in [2.45, 2.75) is 43.2 Å². The van der Waals surface area contributed by atoms with E-state index in [1.165, 1.54) is 10.8 Å². The Morgan fingerprint density at radius 2 is 1.88 bits per heavy atom. The van der Waals surface area contributed by atoms with E-state index in [2.05, 4.69) is 37.9 Å². The van der Waals surface area contributed by atoms with Crippen molar-refractivity contribution in [3.8, 4) is 28.5 Å². The van der Waals surface area contributed by atoms with Crippen LogP contribution in [0.1, 0.15) is 47.6 Å². The van der Waals surface area contributed by atoms with Gasteiger partial charge in [-0.3, -0.25) is 14.9 Å². The van der Waals surface area contributed by atoms with Gasteiger partial charge < -0.3 is 10.6 Å². The van der Waals surface area contributed by atoms with Gasteiger partial charge >= 0.3 is 0 Å². The third-order valence-electron chi connectivity index (χ3n) is 8.46. The van der Waals surface area contributed by atoms with Gasteiger partial charge in [0.25, 0.3) is 5.91 Å². The molecule has 4 aromatic heterocycles. The molecule has 5 aromatic rings. The van der Waals surface area contributed by atoms with Crippen LogP contribution in [0.25, 0.3) is 28.0 Å². The number of aromatic amines is 1. The fourth-order valence-corrected chi connectivity index (χ4v) is 6.52. The van der Waals surface area contributed by atoms with Gasteiger partial charge in [0.15, 0.2) is 5.65 Å². The van der Waals surface area contributed by atoms with Gasteiger partial charge in [-0.15, -0.1) is 11.7 Å². The Morgan fingerprint density at radius 1 is 1.10 bits per heavy atom. The lowest BCUT2D eigenvalue weighted by atomic mass is 9.71. The van der Waals surface area contributed by atoms with Crippen molar-refractivity contribution in [3.05, 3.63) is 90.9 Å². The summed E-state index contributed by atoms with van der Waals surface area (Å²) in [7, 11) is 0. The van der Waals surface area contributed by atoms with Crippen molar-refractivity contribution in [1.29, 1.82) is 5.26 Å². The Kier molecular flexibility index (Phi) is 5.64. The first-order valence-electron chi connectivity index (χ1n) is 13.4. The van der Waals surface area contributed by atoms with Crippen LogP contribution >= 0.6 is 0 Å². The van der Waals surface area contributed by atoms with Gasteiger partial charge in [0.1, 0.15) is 23.8 Å². The number of nitrogens with zero attached hydrogens (tertiary/aromatic N) is 8. The van der Waals surface area contributed by atoms with Crippen molar-refractivity contribution in [1.82, 2.24) is 39.7 Å². The van der Waals surface area contributed by atoms with Gasteiger partial charge in [-0.1, -0.05) is 42.5 Å². The molecule has 0 aliphatic carbocycles. The van der Waals surface area contributed by atoms with Crippen LogP contribution in [0, 0.1) is 11.3 Å². The summed E-state index contributed by atoms with van der Waals surface area (Å²) in [6.07, 6.45) is 9.59. The Morgan fingerprint density at radius 3 is 2.51 bits per heavy atom. The minimum Gasteiger partial charge on any atom is -0.382 e. The largest absolute Gasteiger partial charge is 0.382 e. The molecule has 41 heavy (non-hydrogen) atoms. The molecular weight excluding hydrogens is 516 g/mol. The number of hydrogen-bond acceptors (Lipinski definition) is 8. The van der Waals surface area contributed by atoms with Crippen molar-refractivity contribution < 1.29 is 4.79 Å². The molecule has 202 valence electrons. The molecule has 2 unspecified atom stereocenters. The summed E-state index contributed by atoms with van der Waals surface area (Å²) in [6, 6.07) is 16.1. The molecule has 2 fully saturated rings. The lowest BCUT2D eigenvalue weighted by Gasteiger charge is -2.45. The van der Waals surface area contributed by atoms with Crippen LogP contribution in [0.3, 0.4) is 0 Å². The van der Waals surface area contributed by atoms with Crippen LogP contribution in [0.4, 0.5) is 5.82 Å². The number of rotatable bonds is 5. The Bertz CT molecular complexity index is 1810. The van der Waals surface area contributed by atoms with Crippen LogP contribution in [0.15, 0.2) is 73.8 Å². The van der Waals surface area contributed by atoms with Gasteiger partial charge in [-0.05, 0) is 31.7 Å². The van der Waals surface area contributed by atoms with E-state index >= 15 is 0 Å². The van der Waals surface area contributed by atoms with Gasteiger partial charge in [0, 0.05) is 40.4 Å².